The second-order valence-electron chi connectivity index (χ2n) is 6.26. The van der Waals surface area contributed by atoms with Crippen LogP contribution in [0, 0.1) is 11.2 Å². The number of hydrogen-bond donors (Lipinski definition) is 2. The van der Waals surface area contributed by atoms with Gasteiger partial charge in [-0.3, -0.25) is 4.68 Å². The molecule has 2 aromatic rings. The molecule has 118 valence electrons. The van der Waals surface area contributed by atoms with Crippen LogP contribution in [0.1, 0.15) is 20.8 Å². The molecule has 2 N–H and O–H groups in total. The molecule has 0 bridgehead atoms. The Balaban J connectivity index is 2.02. The SMILES string of the molecule is CC(C)(C)C(Cn1cccn1)NC(=S)Nc1cccc(F)c1. The predicted octanol–water partition coefficient (Wildman–Crippen LogP) is 3.42. The van der Waals surface area contributed by atoms with E-state index in [4.69, 9.17) is 12.2 Å². The van der Waals surface area contributed by atoms with Gasteiger partial charge in [-0.2, -0.15) is 5.10 Å². The molecule has 0 amide bonds. The molecule has 0 aliphatic heterocycles. The fourth-order valence-electron chi connectivity index (χ4n) is 2.02. The van der Waals surface area contributed by atoms with Crippen molar-refractivity contribution >= 4 is 23.0 Å². The zero-order valence-corrected chi connectivity index (χ0v) is 13.8. The maximum absolute atomic E-state index is 13.2. The van der Waals surface area contributed by atoms with E-state index in [2.05, 4.69) is 36.5 Å². The summed E-state index contributed by atoms with van der Waals surface area (Å²) in [6.45, 7) is 7.11. The van der Waals surface area contributed by atoms with Gasteiger partial charge in [0.1, 0.15) is 5.82 Å². The van der Waals surface area contributed by atoms with Crippen molar-refractivity contribution in [1.29, 1.82) is 0 Å². The summed E-state index contributed by atoms with van der Waals surface area (Å²) >= 11 is 5.35. The van der Waals surface area contributed by atoms with Gasteiger partial charge in [0.2, 0.25) is 0 Å². The molecule has 1 aromatic heterocycles. The highest BCUT2D eigenvalue weighted by Crippen LogP contribution is 2.21. The number of rotatable bonds is 4. The van der Waals surface area contributed by atoms with Gasteiger partial charge in [0.25, 0.3) is 0 Å². The Labute approximate surface area is 135 Å². The lowest BCUT2D eigenvalue weighted by molar-refractivity contribution is 0.262. The Morgan fingerprint density at radius 2 is 2.14 bits per heavy atom. The highest BCUT2D eigenvalue weighted by atomic mass is 32.1. The number of benzene rings is 1. The van der Waals surface area contributed by atoms with Crippen molar-refractivity contribution in [2.75, 3.05) is 5.32 Å². The quantitative estimate of drug-likeness (QED) is 0.847. The molecule has 0 aliphatic carbocycles. The molecule has 0 fully saturated rings. The van der Waals surface area contributed by atoms with Crippen molar-refractivity contribution in [1.82, 2.24) is 15.1 Å². The zero-order chi connectivity index (χ0) is 16.2. The van der Waals surface area contributed by atoms with Gasteiger partial charge >= 0.3 is 0 Å². The van der Waals surface area contributed by atoms with E-state index in [-0.39, 0.29) is 17.3 Å². The van der Waals surface area contributed by atoms with Crippen LogP contribution in [0.4, 0.5) is 10.1 Å². The van der Waals surface area contributed by atoms with Gasteiger partial charge in [0, 0.05) is 18.1 Å². The number of hydrogen-bond acceptors (Lipinski definition) is 2. The molecule has 22 heavy (non-hydrogen) atoms. The van der Waals surface area contributed by atoms with Crippen LogP contribution in [0.3, 0.4) is 0 Å². The Morgan fingerprint density at radius 1 is 1.36 bits per heavy atom. The average molecular weight is 320 g/mol. The second kappa shape index (κ2) is 6.87. The second-order valence-corrected chi connectivity index (χ2v) is 6.66. The van der Waals surface area contributed by atoms with Gasteiger partial charge < -0.3 is 10.6 Å². The van der Waals surface area contributed by atoms with Crippen molar-refractivity contribution < 1.29 is 4.39 Å². The monoisotopic (exact) mass is 320 g/mol. The first kappa shape index (κ1) is 16.4. The summed E-state index contributed by atoms with van der Waals surface area (Å²) in [4.78, 5) is 0. The van der Waals surface area contributed by atoms with Crippen LogP contribution < -0.4 is 10.6 Å². The van der Waals surface area contributed by atoms with Crippen LogP contribution in [0.15, 0.2) is 42.7 Å². The lowest BCUT2D eigenvalue weighted by atomic mass is 9.87. The van der Waals surface area contributed by atoms with E-state index in [0.29, 0.717) is 17.3 Å². The molecule has 0 saturated heterocycles. The van der Waals surface area contributed by atoms with E-state index in [9.17, 15) is 4.39 Å². The maximum Gasteiger partial charge on any atom is 0.171 e. The topological polar surface area (TPSA) is 41.9 Å². The van der Waals surface area contributed by atoms with Crippen LogP contribution in [0.25, 0.3) is 0 Å². The van der Waals surface area contributed by atoms with Gasteiger partial charge in [-0.05, 0) is 41.9 Å². The Bertz CT molecular complexity index is 619. The van der Waals surface area contributed by atoms with E-state index in [1.807, 2.05) is 16.9 Å². The average Bonchev–Trinajstić information content (AvgIpc) is 2.89. The van der Waals surface area contributed by atoms with E-state index in [1.54, 1.807) is 18.3 Å². The van der Waals surface area contributed by atoms with Gasteiger partial charge in [0.15, 0.2) is 5.11 Å². The molecule has 4 nitrogen and oxygen atoms in total. The molecule has 2 rings (SSSR count). The minimum Gasteiger partial charge on any atom is -0.357 e. The third kappa shape index (κ3) is 4.80. The maximum atomic E-state index is 13.2. The summed E-state index contributed by atoms with van der Waals surface area (Å²) in [5.41, 5.74) is 0.615. The molecule has 0 radical (unpaired) electrons. The normalized spacial score (nSPS) is 12.7. The molecule has 1 unspecified atom stereocenters. The fourth-order valence-corrected chi connectivity index (χ4v) is 2.28. The number of nitrogens with one attached hydrogen (secondary N) is 2. The van der Waals surface area contributed by atoms with Crippen molar-refractivity contribution in [3.63, 3.8) is 0 Å². The van der Waals surface area contributed by atoms with Crippen LogP contribution in [-0.2, 0) is 6.54 Å². The highest BCUT2D eigenvalue weighted by Gasteiger charge is 2.25. The summed E-state index contributed by atoms with van der Waals surface area (Å²) in [5, 5.41) is 11.0. The van der Waals surface area contributed by atoms with Crippen molar-refractivity contribution in [3.8, 4) is 0 Å². The van der Waals surface area contributed by atoms with Crippen LogP contribution in [0.2, 0.25) is 0 Å². The first-order chi connectivity index (χ1) is 10.3. The predicted molar refractivity (Wildman–Crippen MR) is 91.2 cm³/mol. The van der Waals surface area contributed by atoms with E-state index >= 15 is 0 Å². The van der Waals surface area contributed by atoms with Crippen molar-refractivity contribution in [2.45, 2.75) is 33.4 Å². The van der Waals surface area contributed by atoms with Gasteiger partial charge in [-0.1, -0.05) is 26.8 Å². The van der Waals surface area contributed by atoms with E-state index < -0.39 is 0 Å². The van der Waals surface area contributed by atoms with Gasteiger partial charge in [0.05, 0.1) is 12.6 Å². The molecule has 0 aliphatic rings. The zero-order valence-electron chi connectivity index (χ0n) is 13.0. The third-order valence-corrected chi connectivity index (χ3v) is 3.58. The smallest absolute Gasteiger partial charge is 0.171 e. The van der Waals surface area contributed by atoms with Crippen LogP contribution in [0.5, 0.6) is 0 Å². The number of aromatic nitrogens is 2. The summed E-state index contributed by atoms with van der Waals surface area (Å²) in [7, 11) is 0. The molecular formula is C16H21FN4S. The summed E-state index contributed by atoms with van der Waals surface area (Å²) < 4.78 is 15.1. The minimum absolute atomic E-state index is 0.0143. The Morgan fingerprint density at radius 3 is 2.73 bits per heavy atom. The first-order valence-corrected chi connectivity index (χ1v) is 7.56. The van der Waals surface area contributed by atoms with Crippen molar-refractivity contribution in [2.24, 2.45) is 5.41 Å². The number of thiocarbonyl (C=S) groups is 1. The van der Waals surface area contributed by atoms with Gasteiger partial charge in [-0.15, -0.1) is 0 Å². The first-order valence-electron chi connectivity index (χ1n) is 7.15. The largest absolute Gasteiger partial charge is 0.357 e. The Kier molecular flexibility index (Phi) is 5.13. The van der Waals surface area contributed by atoms with Crippen LogP contribution in [-0.4, -0.2) is 20.9 Å². The fraction of sp³-hybridized carbons (Fsp3) is 0.375. The van der Waals surface area contributed by atoms with Gasteiger partial charge in [-0.25, -0.2) is 4.39 Å². The molecule has 1 heterocycles. The standard InChI is InChI=1S/C16H21FN4S/c1-16(2,3)14(11-21-9-5-8-18-21)20-15(22)19-13-7-4-6-12(17)10-13/h4-10,14H,11H2,1-3H3,(H2,19,20,22). The summed E-state index contributed by atoms with van der Waals surface area (Å²) in [5.74, 6) is -0.295. The molecule has 1 atom stereocenters. The highest BCUT2D eigenvalue weighted by molar-refractivity contribution is 7.80. The molecule has 1 aromatic carbocycles. The number of anilines is 1. The lowest BCUT2D eigenvalue weighted by Gasteiger charge is -2.32. The lowest BCUT2D eigenvalue weighted by Crippen LogP contribution is -2.48. The summed E-state index contributed by atoms with van der Waals surface area (Å²) in [6, 6.07) is 8.21. The number of nitrogens with zero attached hydrogens (tertiary/aromatic N) is 2. The summed E-state index contributed by atoms with van der Waals surface area (Å²) in [6.07, 6.45) is 3.67. The molecular weight excluding hydrogens is 299 g/mol. The third-order valence-electron chi connectivity index (χ3n) is 3.36. The molecule has 6 heteroatoms. The van der Waals surface area contributed by atoms with E-state index in [1.165, 1.54) is 12.1 Å². The van der Waals surface area contributed by atoms with E-state index in [0.717, 1.165) is 0 Å². The van der Waals surface area contributed by atoms with Crippen LogP contribution >= 0.6 is 12.2 Å². The Hall–Kier alpha value is -1.95. The van der Waals surface area contributed by atoms with Crippen molar-refractivity contribution in [3.05, 3.63) is 48.5 Å². The number of halogens is 1. The minimum atomic E-state index is -0.295. The molecule has 0 spiro atoms. The molecule has 0 saturated carbocycles.